The molecule has 4 atom stereocenters. The monoisotopic (exact) mass is 572 g/mol. The van der Waals surface area contributed by atoms with Crippen molar-refractivity contribution in [2.24, 2.45) is 0 Å². The van der Waals surface area contributed by atoms with Gasteiger partial charge in [0.2, 0.25) is 21.2 Å². The standard InChI is InChI=1S/C25H16O8P4/c26-34(27)21-9-1-17(2-10-21)25(18-3-11-22(12-4-18)35(28)29,19-5-13-23(14-6-19)36(30)31)20-7-15-24(16-8-20)37(32)33/h1-16H/p+4. The molecule has 12 heteroatoms. The predicted octanol–water partition coefficient (Wildman–Crippen LogP) is 3.51. The van der Waals surface area contributed by atoms with Crippen molar-refractivity contribution in [2.45, 2.75) is 5.41 Å². The van der Waals surface area contributed by atoms with Crippen LogP contribution in [0.4, 0.5) is 0 Å². The van der Waals surface area contributed by atoms with Crippen LogP contribution in [0, 0.1) is 0 Å². The van der Waals surface area contributed by atoms with E-state index in [1.54, 1.807) is 48.5 Å². The van der Waals surface area contributed by atoms with Crippen molar-refractivity contribution in [3.63, 3.8) is 0 Å². The molecule has 184 valence electrons. The average Bonchev–Trinajstić information content (AvgIpc) is 2.90. The second-order valence-corrected chi connectivity index (χ2v) is 12.3. The zero-order chi connectivity index (χ0) is 26.7. The van der Waals surface area contributed by atoms with Crippen LogP contribution >= 0.6 is 32.1 Å². The van der Waals surface area contributed by atoms with Gasteiger partial charge in [-0.25, -0.2) is 0 Å². The molecule has 4 rings (SSSR count). The maximum atomic E-state index is 11.7. The smallest absolute Gasteiger partial charge is 0.156 e. The van der Waals surface area contributed by atoms with E-state index < -0.39 is 37.5 Å². The van der Waals surface area contributed by atoms with Gasteiger partial charge in [0.15, 0.2) is 0 Å². The summed E-state index contributed by atoms with van der Waals surface area (Å²) >= 11 is 0. The van der Waals surface area contributed by atoms with Gasteiger partial charge < -0.3 is 0 Å². The summed E-state index contributed by atoms with van der Waals surface area (Å²) in [7, 11) is -10.3. The van der Waals surface area contributed by atoms with Gasteiger partial charge in [0.25, 0.3) is 0 Å². The Balaban J connectivity index is 2.09. The Morgan fingerprint density at radius 1 is 0.351 bits per heavy atom. The third-order valence-corrected chi connectivity index (χ3v) is 9.04. The number of hydrogen-bond acceptors (Lipinski definition) is 4. The van der Waals surface area contributed by atoms with Gasteiger partial charge in [0, 0.05) is 0 Å². The van der Waals surface area contributed by atoms with Crippen molar-refractivity contribution in [1.82, 2.24) is 0 Å². The summed E-state index contributed by atoms with van der Waals surface area (Å²) in [5.41, 5.74) is 1.54. The molecule has 0 aromatic heterocycles. The lowest BCUT2D eigenvalue weighted by molar-refractivity contribution is 0.512. The Kier molecular flexibility index (Phi) is 8.26. The number of rotatable bonds is 8. The van der Waals surface area contributed by atoms with Crippen LogP contribution in [-0.2, 0) is 23.7 Å². The molecule has 4 aromatic carbocycles. The summed E-state index contributed by atoms with van der Waals surface area (Å²) in [6.45, 7) is 0. The summed E-state index contributed by atoms with van der Waals surface area (Å²) in [5, 5.41) is 0.891. The van der Waals surface area contributed by atoms with E-state index >= 15 is 0 Å². The molecule has 37 heavy (non-hydrogen) atoms. The fourth-order valence-corrected chi connectivity index (χ4v) is 5.97. The van der Waals surface area contributed by atoms with E-state index in [1.165, 1.54) is 48.5 Å². The van der Waals surface area contributed by atoms with E-state index in [1.807, 2.05) is 0 Å². The van der Waals surface area contributed by atoms with Gasteiger partial charge >= 0.3 is 32.1 Å². The molecule has 4 aromatic rings. The van der Waals surface area contributed by atoms with E-state index in [0.717, 1.165) is 0 Å². The first-order valence-corrected chi connectivity index (χ1v) is 15.6. The van der Waals surface area contributed by atoms with Crippen molar-refractivity contribution < 1.29 is 37.8 Å². The van der Waals surface area contributed by atoms with Crippen molar-refractivity contribution in [2.75, 3.05) is 0 Å². The van der Waals surface area contributed by atoms with Gasteiger partial charge in [-0.05, 0) is 89.0 Å². The van der Waals surface area contributed by atoms with Crippen molar-refractivity contribution in [3.05, 3.63) is 119 Å². The van der Waals surface area contributed by atoms with Gasteiger partial charge in [0.1, 0.15) is 0 Å². The van der Waals surface area contributed by atoms with E-state index in [4.69, 9.17) is 0 Å². The highest BCUT2D eigenvalue weighted by atomic mass is 31.1. The minimum atomic E-state index is -2.57. The van der Waals surface area contributed by atoms with Crippen LogP contribution in [0.1, 0.15) is 22.3 Å². The minimum Gasteiger partial charge on any atom is -0.156 e. The van der Waals surface area contributed by atoms with E-state index in [-0.39, 0.29) is 21.2 Å². The predicted molar refractivity (Wildman–Crippen MR) is 143 cm³/mol. The van der Waals surface area contributed by atoms with E-state index in [0.29, 0.717) is 22.3 Å². The lowest BCUT2D eigenvalue weighted by Crippen LogP contribution is -2.32. The quantitative estimate of drug-likeness (QED) is 0.185. The maximum absolute atomic E-state index is 11.7. The van der Waals surface area contributed by atoms with E-state index in [2.05, 4.69) is 0 Å². The number of hydrogen-bond donors (Lipinski definition) is 4. The van der Waals surface area contributed by atoms with Crippen molar-refractivity contribution >= 4 is 53.3 Å². The van der Waals surface area contributed by atoms with Gasteiger partial charge in [-0.15, -0.1) is 0 Å². The van der Waals surface area contributed by atoms with Crippen LogP contribution < -0.4 is 21.2 Å². The first kappa shape index (κ1) is 27.2. The molecule has 8 nitrogen and oxygen atoms in total. The molecule has 0 fully saturated rings. The second kappa shape index (κ2) is 11.2. The van der Waals surface area contributed by atoms with Gasteiger partial charge in [-0.1, -0.05) is 48.5 Å². The number of benzene rings is 4. The second-order valence-electron chi connectivity index (χ2n) is 8.03. The lowest BCUT2D eigenvalue weighted by atomic mass is 9.65. The zero-order valence-electron chi connectivity index (χ0n) is 18.9. The molecule has 0 heterocycles. The largest absolute Gasteiger partial charge is 0.546 e. The minimum absolute atomic E-state index is 0.223. The van der Waals surface area contributed by atoms with Crippen LogP contribution in [0.15, 0.2) is 97.1 Å². The first-order chi connectivity index (χ1) is 17.6. The summed E-state index contributed by atoms with van der Waals surface area (Å²) < 4.78 is 46.7. The van der Waals surface area contributed by atoms with Gasteiger partial charge in [0.05, 0.1) is 5.41 Å². The maximum Gasteiger partial charge on any atom is 0.546 e. The zero-order valence-corrected chi connectivity index (χ0v) is 22.5. The molecule has 0 bridgehead atoms. The fraction of sp³-hybridized carbons (Fsp3) is 0.0400. The van der Waals surface area contributed by atoms with Crippen molar-refractivity contribution in [1.29, 1.82) is 0 Å². The van der Waals surface area contributed by atoms with Crippen molar-refractivity contribution in [3.8, 4) is 0 Å². The third-order valence-electron chi connectivity index (χ3n) is 6.08. The van der Waals surface area contributed by atoms with Gasteiger partial charge in [-0.2, -0.15) is 19.6 Å². The molecule has 0 saturated heterocycles. The first-order valence-electron chi connectivity index (χ1n) is 10.7. The van der Waals surface area contributed by atoms with Gasteiger partial charge in [-0.3, -0.25) is 0 Å². The Hall–Kier alpha value is -2.88. The fourth-order valence-electron chi connectivity index (χ4n) is 4.36. The summed E-state index contributed by atoms with van der Waals surface area (Å²) in [4.78, 5) is 38.3. The Labute approximate surface area is 215 Å². The van der Waals surface area contributed by atoms with Crippen LogP contribution in [0.3, 0.4) is 0 Å². The molecular formula is C25H20O8P4+4. The van der Waals surface area contributed by atoms with Crippen LogP contribution in [0.25, 0.3) is 0 Å². The van der Waals surface area contributed by atoms with Crippen LogP contribution in [-0.4, -0.2) is 19.6 Å². The van der Waals surface area contributed by atoms with Crippen LogP contribution in [0.5, 0.6) is 0 Å². The lowest BCUT2D eigenvalue weighted by Gasteiger charge is -2.36. The highest BCUT2D eigenvalue weighted by Crippen LogP contribution is 2.45. The van der Waals surface area contributed by atoms with E-state index in [9.17, 15) is 37.8 Å². The summed E-state index contributed by atoms with van der Waals surface area (Å²) in [6.07, 6.45) is 0. The molecule has 0 aliphatic rings. The molecule has 0 amide bonds. The molecule has 0 saturated carbocycles. The third kappa shape index (κ3) is 5.39. The highest BCUT2D eigenvalue weighted by molar-refractivity contribution is 7.48. The van der Waals surface area contributed by atoms with Crippen LogP contribution in [0.2, 0.25) is 0 Å². The highest BCUT2D eigenvalue weighted by Gasteiger charge is 2.40. The summed E-state index contributed by atoms with van der Waals surface area (Å²) in [5.74, 6) is 0. The normalized spacial score (nSPS) is 14.4. The average molecular weight is 572 g/mol. The Bertz CT molecular complexity index is 1270. The molecule has 0 aliphatic heterocycles. The Morgan fingerprint density at radius 3 is 0.649 bits per heavy atom. The molecule has 4 N–H and O–H groups in total. The topological polar surface area (TPSA) is 149 Å². The Morgan fingerprint density at radius 2 is 0.514 bits per heavy atom. The molecular weight excluding hydrogens is 552 g/mol. The molecule has 4 unspecified atom stereocenters. The summed E-state index contributed by atoms with van der Waals surface area (Å²) in [6, 6.07) is 25.8. The molecule has 0 aliphatic carbocycles. The SMILES string of the molecule is O=[P+](O)c1ccc(C(c2ccc([P+](=O)O)cc2)(c2ccc([P+](=O)O)cc2)c2ccc([P+](=O)O)cc2)cc1. The molecule has 0 radical (unpaired) electrons. The molecule has 0 spiro atoms.